The van der Waals surface area contributed by atoms with Gasteiger partial charge >= 0.3 is 0 Å². The number of aryl methyl sites for hydroxylation is 1. The van der Waals surface area contributed by atoms with Gasteiger partial charge in [0.2, 0.25) is 0 Å². The number of benzene rings is 1. The highest BCUT2D eigenvalue weighted by Crippen LogP contribution is 2.23. The molecule has 1 aliphatic carbocycles. The van der Waals surface area contributed by atoms with E-state index in [4.69, 9.17) is 0 Å². The molecule has 0 saturated carbocycles. The number of hydrogen-bond acceptors (Lipinski definition) is 3. The first-order chi connectivity index (χ1) is 12.7. The van der Waals surface area contributed by atoms with Crippen LogP contribution in [0.25, 0.3) is 0 Å². The predicted molar refractivity (Wildman–Crippen MR) is 97.7 cm³/mol. The summed E-state index contributed by atoms with van der Waals surface area (Å²) >= 11 is 0. The second kappa shape index (κ2) is 7.58. The van der Waals surface area contributed by atoms with Crippen LogP contribution < -0.4 is 0 Å². The summed E-state index contributed by atoms with van der Waals surface area (Å²) in [5.74, 6) is -0.121. The molecule has 6 heteroatoms. The number of carbonyl (C=O) groups is 1. The van der Waals surface area contributed by atoms with E-state index in [1.807, 2.05) is 17.0 Å². The number of H-pyrrole nitrogens is 1. The molecule has 2 heterocycles. The van der Waals surface area contributed by atoms with Gasteiger partial charge in [0.05, 0.1) is 0 Å². The van der Waals surface area contributed by atoms with Gasteiger partial charge in [0, 0.05) is 44.0 Å². The zero-order valence-corrected chi connectivity index (χ0v) is 15.0. The highest BCUT2D eigenvalue weighted by molar-refractivity contribution is 5.94. The first kappa shape index (κ1) is 17.2. The Morgan fingerprint density at radius 1 is 1.08 bits per heavy atom. The van der Waals surface area contributed by atoms with Gasteiger partial charge in [-0.05, 0) is 49.8 Å². The van der Waals surface area contributed by atoms with Crippen LogP contribution in [-0.2, 0) is 19.3 Å². The van der Waals surface area contributed by atoms with Crippen molar-refractivity contribution in [3.63, 3.8) is 0 Å². The molecule has 2 aromatic rings. The van der Waals surface area contributed by atoms with Gasteiger partial charge in [0.25, 0.3) is 5.91 Å². The maximum absolute atomic E-state index is 13.0. The fraction of sp³-hybridized carbons (Fsp3) is 0.500. The first-order valence-electron chi connectivity index (χ1n) is 9.53. The van der Waals surface area contributed by atoms with Crippen LogP contribution in [0.1, 0.15) is 40.2 Å². The lowest BCUT2D eigenvalue weighted by Crippen LogP contribution is -2.49. The molecule has 1 amide bonds. The summed E-state index contributed by atoms with van der Waals surface area (Å²) in [4.78, 5) is 17.1. The van der Waals surface area contributed by atoms with Crippen molar-refractivity contribution in [2.24, 2.45) is 0 Å². The molecule has 2 aliphatic rings. The lowest BCUT2D eigenvalue weighted by Gasteiger charge is -2.34. The van der Waals surface area contributed by atoms with Crippen LogP contribution in [0.4, 0.5) is 4.39 Å². The number of rotatable bonds is 4. The van der Waals surface area contributed by atoms with Gasteiger partial charge < -0.3 is 4.90 Å². The smallest absolute Gasteiger partial charge is 0.274 e. The molecule has 1 aromatic heterocycles. The van der Waals surface area contributed by atoms with E-state index in [0.717, 1.165) is 75.2 Å². The maximum atomic E-state index is 13.0. The third-order valence-electron chi connectivity index (χ3n) is 5.55. The molecule has 0 spiro atoms. The largest absolute Gasteiger partial charge is 0.335 e. The van der Waals surface area contributed by atoms with Gasteiger partial charge in [-0.15, -0.1) is 0 Å². The Kier molecular flexibility index (Phi) is 5.02. The molecule has 1 aliphatic heterocycles. The molecule has 5 nitrogen and oxygen atoms in total. The van der Waals surface area contributed by atoms with Crippen LogP contribution in [-0.4, -0.2) is 58.6 Å². The minimum absolute atomic E-state index is 0.0718. The minimum atomic E-state index is -0.193. The normalized spacial score (nSPS) is 18.0. The van der Waals surface area contributed by atoms with Crippen molar-refractivity contribution in [2.45, 2.75) is 32.1 Å². The predicted octanol–water partition coefficient (Wildman–Crippen LogP) is 2.43. The number of amides is 1. The summed E-state index contributed by atoms with van der Waals surface area (Å²) in [6.45, 7) is 4.17. The highest BCUT2D eigenvalue weighted by atomic mass is 19.1. The third kappa shape index (κ3) is 3.65. The summed E-state index contributed by atoms with van der Waals surface area (Å²) < 4.78 is 13.0. The quantitative estimate of drug-likeness (QED) is 0.915. The van der Waals surface area contributed by atoms with Crippen LogP contribution in [0.2, 0.25) is 0 Å². The molecule has 0 bridgehead atoms. The Balaban J connectivity index is 1.30. The zero-order valence-electron chi connectivity index (χ0n) is 15.0. The van der Waals surface area contributed by atoms with E-state index < -0.39 is 0 Å². The highest BCUT2D eigenvalue weighted by Gasteiger charge is 2.27. The van der Waals surface area contributed by atoms with E-state index in [1.54, 1.807) is 0 Å². The SMILES string of the molecule is O=C(c1n[nH]c2c1CCCC2)N1CCN(CCc2ccc(F)cc2)CC1. The Labute approximate surface area is 153 Å². The molecule has 138 valence electrons. The van der Waals surface area contributed by atoms with Crippen LogP contribution in [0.5, 0.6) is 0 Å². The first-order valence-corrected chi connectivity index (χ1v) is 9.53. The van der Waals surface area contributed by atoms with E-state index in [1.165, 1.54) is 18.6 Å². The van der Waals surface area contributed by atoms with Gasteiger partial charge in [0.1, 0.15) is 5.82 Å². The fourth-order valence-corrected chi connectivity index (χ4v) is 3.92. The average molecular weight is 356 g/mol. The molecule has 1 saturated heterocycles. The molecule has 1 aromatic carbocycles. The van der Waals surface area contributed by atoms with E-state index >= 15 is 0 Å². The second-order valence-electron chi connectivity index (χ2n) is 7.25. The van der Waals surface area contributed by atoms with E-state index in [-0.39, 0.29) is 11.7 Å². The number of nitrogens with zero attached hydrogens (tertiary/aromatic N) is 3. The molecule has 1 N–H and O–H groups in total. The van der Waals surface area contributed by atoms with Crippen LogP contribution in [0.15, 0.2) is 24.3 Å². The number of carbonyl (C=O) groups excluding carboxylic acids is 1. The van der Waals surface area contributed by atoms with Crippen LogP contribution in [0, 0.1) is 5.82 Å². The van der Waals surface area contributed by atoms with E-state index in [0.29, 0.717) is 5.69 Å². The van der Waals surface area contributed by atoms with Crippen molar-refractivity contribution in [1.82, 2.24) is 20.0 Å². The number of piperazine rings is 1. The molecular formula is C20H25FN4O. The number of hydrogen-bond donors (Lipinski definition) is 1. The van der Waals surface area contributed by atoms with Crippen molar-refractivity contribution in [2.75, 3.05) is 32.7 Å². The number of aromatic nitrogens is 2. The van der Waals surface area contributed by atoms with Gasteiger partial charge in [-0.2, -0.15) is 5.10 Å². The monoisotopic (exact) mass is 356 g/mol. The molecule has 0 unspecified atom stereocenters. The van der Waals surface area contributed by atoms with Gasteiger partial charge in [-0.3, -0.25) is 14.8 Å². The fourth-order valence-electron chi connectivity index (χ4n) is 3.92. The Morgan fingerprint density at radius 3 is 2.58 bits per heavy atom. The van der Waals surface area contributed by atoms with Crippen LogP contribution in [0.3, 0.4) is 0 Å². The number of nitrogens with one attached hydrogen (secondary N) is 1. The van der Waals surface area contributed by atoms with Crippen molar-refractivity contribution in [3.8, 4) is 0 Å². The summed E-state index contributed by atoms with van der Waals surface area (Å²) in [5, 5.41) is 7.38. The van der Waals surface area contributed by atoms with Crippen molar-refractivity contribution in [1.29, 1.82) is 0 Å². The summed E-state index contributed by atoms with van der Waals surface area (Å²) in [6.07, 6.45) is 5.19. The molecule has 4 rings (SSSR count). The average Bonchev–Trinajstić information content (AvgIpc) is 3.11. The second-order valence-corrected chi connectivity index (χ2v) is 7.25. The number of aromatic amines is 1. The van der Waals surface area contributed by atoms with Gasteiger partial charge in [-0.25, -0.2) is 4.39 Å². The lowest BCUT2D eigenvalue weighted by atomic mass is 9.95. The zero-order chi connectivity index (χ0) is 17.9. The Hall–Kier alpha value is -2.21. The van der Waals surface area contributed by atoms with Gasteiger partial charge in [0.15, 0.2) is 5.69 Å². The topological polar surface area (TPSA) is 52.2 Å². The van der Waals surface area contributed by atoms with Crippen molar-refractivity contribution >= 4 is 5.91 Å². The minimum Gasteiger partial charge on any atom is -0.335 e. The Bertz CT molecular complexity index is 763. The van der Waals surface area contributed by atoms with E-state index in [2.05, 4.69) is 15.1 Å². The standard InChI is InChI=1S/C20H25FN4O/c21-16-7-5-15(6-8-16)9-10-24-11-13-25(14-12-24)20(26)19-17-3-1-2-4-18(17)22-23-19/h5-8H,1-4,9-14H2,(H,22,23). The molecular weight excluding hydrogens is 331 g/mol. The molecule has 0 radical (unpaired) electrons. The van der Waals surface area contributed by atoms with Gasteiger partial charge in [-0.1, -0.05) is 12.1 Å². The Morgan fingerprint density at radius 2 is 1.81 bits per heavy atom. The molecule has 1 fully saturated rings. The van der Waals surface area contributed by atoms with Crippen molar-refractivity contribution in [3.05, 3.63) is 52.6 Å². The lowest BCUT2D eigenvalue weighted by molar-refractivity contribution is 0.0631. The number of fused-ring (bicyclic) bond motifs is 1. The number of halogens is 1. The summed E-state index contributed by atoms with van der Waals surface area (Å²) in [5.41, 5.74) is 4.07. The maximum Gasteiger partial charge on any atom is 0.274 e. The van der Waals surface area contributed by atoms with Crippen molar-refractivity contribution < 1.29 is 9.18 Å². The summed E-state index contributed by atoms with van der Waals surface area (Å²) in [7, 11) is 0. The third-order valence-corrected chi connectivity index (χ3v) is 5.55. The van der Waals surface area contributed by atoms with E-state index in [9.17, 15) is 9.18 Å². The van der Waals surface area contributed by atoms with Crippen LogP contribution >= 0.6 is 0 Å². The summed E-state index contributed by atoms with van der Waals surface area (Å²) in [6, 6.07) is 6.71. The molecule has 0 atom stereocenters. The molecule has 26 heavy (non-hydrogen) atoms.